The van der Waals surface area contributed by atoms with Crippen LogP contribution in [0.2, 0.25) is 0 Å². The summed E-state index contributed by atoms with van der Waals surface area (Å²) in [7, 11) is 0. The summed E-state index contributed by atoms with van der Waals surface area (Å²) in [6, 6.07) is 9.72. The molecule has 4 nitrogen and oxygen atoms in total. The van der Waals surface area contributed by atoms with Gasteiger partial charge in [-0.05, 0) is 37.0 Å². The number of hydrogen-bond acceptors (Lipinski definition) is 4. The van der Waals surface area contributed by atoms with Gasteiger partial charge in [0.25, 0.3) is 0 Å². The first-order valence-corrected chi connectivity index (χ1v) is 6.63. The van der Waals surface area contributed by atoms with Crippen LogP contribution in [0.15, 0.2) is 34.9 Å². The Morgan fingerprint density at radius 3 is 2.74 bits per heavy atom. The molecule has 19 heavy (non-hydrogen) atoms. The molecule has 0 atom stereocenters. The molecule has 0 aliphatic heterocycles. The smallest absolute Gasteiger partial charge is 0.174 e. The van der Waals surface area contributed by atoms with E-state index in [0.29, 0.717) is 18.9 Å². The van der Waals surface area contributed by atoms with Crippen LogP contribution in [0.5, 0.6) is 5.75 Å². The van der Waals surface area contributed by atoms with E-state index in [2.05, 4.69) is 5.16 Å². The van der Waals surface area contributed by atoms with Crippen molar-refractivity contribution in [3.05, 3.63) is 47.3 Å². The molecule has 0 spiro atoms. The van der Waals surface area contributed by atoms with Crippen molar-refractivity contribution in [1.29, 1.82) is 0 Å². The molecule has 1 saturated carbocycles. The summed E-state index contributed by atoms with van der Waals surface area (Å²) in [6.07, 6.45) is 3.12. The van der Waals surface area contributed by atoms with Crippen LogP contribution in [0.1, 0.15) is 35.8 Å². The van der Waals surface area contributed by atoms with Crippen molar-refractivity contribution in [3.8, 4) is 5.75 Å². The zero-order valence-corrected chi connectivity index (χ0v) is 10.7. The van der Waals surface area contributed by atoms with Crippen molar-refractivity contribution in [2.75, 3.05) is 6.61 Å². The Balaban J connectivity index is 1.55. The third kappa shape index (κ3) is 3.15. The van der Waals surface area contributed by atoms with Crippen LogP contribution in [-0.4, -0.2) is 16.9 Å². The molecule has 1 aliphatic carbocycles. The summed E-state index contributed by atoms with van der Waals surface area (Å²) < 4.78 is 10.9. The first-order valence-electron chi connectivity index (χ1n) is 6.63. The molecule has 3 rings (SSSR count). The second kappa shape index (κ2) is 5.45. The number of aromatic nitrogens is 1. The van der Waals surface area contributed by atoms with E-state index >= 15 is 0 Å². The molecule has 0 saturated heterocycles. The molecule has 2 aromatic rings. The Kier molecular flexibility index (Phi) is 3.51. The molecule has 1 heterocycles. The van der Waals surface area contributed by atoms with Gasteiger partial charge >= 0.3 is 0 Å². The molecule has 1 aliphatic rings. The van der Waals surface area contributed by atoms with E-state index < -0.39 is 0 Å². The number of benzene rings is 1. The predicted octanol–water partition coefficient (Wildman–Crippen LogP) is 2.67. The largest absolute Gasteiger partial charge is 0.486 e. The SMILES string of the molecule is OCCc1ccc(OCc2cc(C3CC3)no2)cc1. The summed E-state index contributed by atoms with van der Waals surface area (Å²) in [5, 5.41) is 12.9. The van der Waals surface area contributed by atoms with E-state index in [1.807, 2.05) is 30.3 Å². The minimum atomic E-state index is 0.169. The highest BCUT2D eigenvalue weighted by Gasteiger charge is 2.27. The van der Waals surface area contributed by atoms with Crippen molar-refractivity contribution in [3.63, 3.8) is 0 Å². The summed E-state index contributed by atoms with van der Waals surface area (Å²) in [5.41, 5.74) is 2.16. The molecule has 0 amide bonds. The Morgan fingerprint density at radius 1 is 1.26 bits per heavy atom. The van der Waals surface area contributed by atoms with Gasteiger partial charge in [-0.2, -0.15) is 0 Å². The molecular weight excluding hydrogens is 242 g/mol. The second-order valence-electron chi connectivity index (χ2n) is 4.90. The quantitative estimate of drug-likeness (QED) is 0.866. The topological polar surface area (TPSA) is 55.5 Å². The summed E-state index contributed by atoms with van der Waals surface area (Å²) in [4.78, 5) is 0. The molecule has 100 valence electrons. The molecule has 4 heteroatoms. The van der Waals surface area contributed by atoms with E-state index in [4.69, 9.17) is 14.4 Å². The zero-order chi connectivity index (χ0) is 13.1. The fraction of sp³-hybridized carbons (Fsp3) is 0.400. The standard InChI is InChI=1S/C15H17NO3/c17-8-7-11-1-5-13(6-2-11)18-10-14-9-15(16-19-14)12-3-4-12/h1-2,5-6,9,12,17H,3-4,7-8,10H2. The fourth-order valence-corrected chi connectivity index (χ4v) is 2.00. The maximum Gasteiger partial charge on any atom is 0.174 e. The predicted molar refractivity (Wildman–Crippen MR) is 70.0 cm³/mol. The van der Waals surface area contributed by atoms with Crippen LogP contribution < -0.4 is 4.74 Å². The van der Waals surface area contributed by atoms with Crippen molar-refractivity contribution in [2.24, 2.45) is 0 Å². The molecule has 1 N–H and O–H groups in total. The van der Waals surface area contributed by atoms with Gasteiger partial charge in [-0.1, -0.05) is 17.3 Å². The number of nitrogens with zero attached hydrogens (tertiary/aromatic N) is 1. The fourth-order valence-electron chi connectivity index (χ4n) is 2.00. The van der Waals surface area contributed by atoms with E-state index in [9.17, 15) is 0 Å². The molecule has 1 fully saturated rings. The minimum Gasteiger partial charge on any atom is -0.486 e. The van der Waals surface area contributed by atoms with Crippen LogP contribution in [0, 0.1) is 0 Å². The highest BCUT2D eigenvalue weighted by atomic mass is 16.5. The number of ether oxygens (including phenoxy) is 1. The maximum absolute atomic E-state index is 8.84. The van der Waals surface area contributed by atoms with Crippen LogP contribution in [0.25, 0.3) is 0 Å². The van der Waals surface area contributed by atoms with E-state index in [1.54, 1.807) is 0 Å². The van der Waals surface area contributed by atoms with Crippen LogP contribution >= 0.6 is 0 Å². The molecule has 1 aromatic carbocycles. The van der Waals surface area contributed by atoms with E-state index in [-0.39, 0.29) is 6.61 Å². The first kappa shape index (κ1) is 12.2. The molecule has 0 unspecified atom stereocenters. The minimum absolute atomic E-state index is 0.169. The lowest BCUT2D eigenvalue weighted by atomic mass is 10.1. The van der Waals surface area contributed by atoms with Gasteiger partial charge in [-0.15, -0.1) is 0 Å². The van der Waals surface area contributed by atoms with Crippen LogP contribution in [0.3, 0.4) is 0 Å². The average Bonchev–Trinajstić information content (AvgIpc) is 3.18. The number of hydrogen-bond donors (Lipinski definition) is 1. The normalized spacial score (nSPS) is 14.6. The molecule has 0 radical (unpaired) electrons. The van der Waals surface area contributed by atoms with Crippen molar-refractivity contribution < 1.29 is 14.4 Å². The number of aliphatic hydroxyl groups is 1. The summed E-state index contributed by atoms with van der Waals surface area (Å²) in [6.45, 7) is 0.571. The van der Waals surface area contributed by atoms with Gasteiger partial charge in [-0.25, -0.2) is 0 Å². The van der Waals surface area contributed by atoms with Crippen LogP contribution in [-0.2, 0) is 13.0 Å². The third-order valence-corrected chi connectivity index (χ3v) is 3.28. The monoisotopic (exact) mass is 259 g/mol. The van der Waals surface area contributed by atoms with Gasteiger partial charge in [0.05, 0.1) is 5.69 Å². The van der Waals surface area contributed by atoms with Crippen LogP contribution in [0.4, 0.5) is 0 Å². The third-order valence-electron chi connectivity index (χ3n) is 3.28. The van der Waals surface area contributed by atoms with Crippen molar-refractivity contribution in [2.45, 2.75) is 31.8 Å². The lowest BCUT2D eigenvalue weighted by Gasteiger charge is -2.04. The lowest BCUT2D eigenvalue weighted by Crippen LogP contribution is -1.95. The Labute approximate surface area is 112 Å². The maximum atomic E-state index is 8.84. The highest BCUT2D eigenvalue weighted by molar-refractivity contribution is 5.27. The number of aliphatic hydroxyl groups excluding tert-OH is 1. The molecule has 0 bridgehead atoms. The summed E-state index contributed by atoms with van der Waals surface area (Å²) in [5.74, 6) is 2.17. The molecular formula is C15H17NO3. The molecule has 1 aromatic heterocycles. The Bertz CT molecular complexity index is 529. The van der Waals surface area contributed by atoms with Gasteiger partial charge in [0.2, 0.25) is 0 Å². The van der Waals surface area contributed by atoms with Gasteiger partial charge in [0, 0.05) is 18.6 Å². The highest BCUT2D eigenvalue weighted by Crippen LogP contribution is 2.39. The van der Waals surface area contributed by atoms with E-state index in [1.165, 1.54) is 12.8 Å². The van der Waals surface area contributed by atoms with Crippen molar-refractivity contribution >= 4 is 0 Å². The Morgan fingerprint density at radius 2 is 2.05 bits per heavy atom. The van der Waals surface area contributed by atoms with Gasteiger partial charge < -0.3 is 14.4 Å². The average molecular weight is 259 g/mol. The number of rotatable bonds is 6. The van der Waals surface area contributed by atoms with Gasteiger partial charge in [0.1, 0.15) is 12.4 Å². The first-order chi connectivity index (χ1) is 9.35. The lowest BCUT2D eigenvalue weighted by molar-refractivity contribution is 0.248. The van der Waals surface area contributed by atoms with Gasteiger partial charge in [0.15, 0.2) is 5.76 Å². The Hall–Kier alpha value is -1.81. The van der Waals surface area contributed by atoms with E-state index in [0.717, 1.165) is 22.8 Å². The summed E-state index contributed by atoms with van der Waals surface area (Å²) >= 11 is 0. The van der Waals surface area contributed by atoms with Crippen molar-refractivity contribution in [1.82, 2.24) is 5.16 Å². The second-order valence-corrected chi connectivity index (χ2v) is 4.90. The zero-order valence-electron chi connectivity index (χ0n) is 10.7. The van der Waals surface area contributed by atoms with Gasteiger partial charge in [-0.3, -0.25) is 0 Å².